The molecule has 0 bridgehead atoms. The normalized spacial score (nSPS) is 16.0. The van der Waals surface area contributed by atoms with Gasteiger partial charge in [-0.05, 0) is 12.1 Å². The molecule has 1 amide bonds. The first kappa shape index (κ1) is 12.4. The topological polar surface area (TPSA) is 57.0 Å². The molecule has 0 radical (unpaired) electrons. The summed E-state index contributed by atoms with van der Waals surface area (Å²) in [5, 5.41) is 8.55. The van der Waals surface area contributed by atoms with Gasteiger partial charge in [-0.25, -0.2) is 4.98 Å². The number of nitrogens with zero attached hydrogens (tertiary/aromatic N) is 3. The molecule has 4 nitrogen and oxygen atoms in total. The van der Waals surface area contributed by atoms with Crippen LogP contribution < -0.4 is 0 Å². The fraction of sp³-hybridized carbons (Fsp3) is 0.364. The van der Waals surface area contributed by atoms with Crippen LogP contribution in [0.3, 0.4) is 0 Å². The van der Waals surface area contributed by atoms with E-state index in [1.165, 1.54) is 18.3 Å². The first-order valence-corrected chi connectivity index (χ1v) is 5.14. The molecule has 0 spiro atoms. The summed E-state index contributed by atoms with van der Waals surface area (Å²) in [4.78, 5) is 16.5. The highest BCUT2D eigenvalue weighted by Gasteiger charge is 2.48. The van der Waals surface area contributed by atoms with Gasteiger partial charge in [-0.2, -0.15) is 18.4 Å². The summed E-state index contributed by atoms with van der Waals surface area (Å²) < 4.78 is 36.7. The highest BCUT2D eigenvalue weighted by atomic mass is 19.4. The number of aromatic nitrogens is 1. The summed E-state index contributed by atoms with van der Waals surface area (Å²) >= 11 is 0. The van der Waals surface area contributed by atoms with Gasteiger partial charge in [0.05, 0.1) is 11.5 Å². The van der Waals surface area contributed by atoms with Crippen LogP contribution in [-0.4, -0.2) is 35.1 Å². The van der Waals surface area contributed by atoms with E-state index in [0.29, 0.717) is 5.56 Å². The third-order valence-electron chi connectivity index (χ3n) is 2.74. The van der Waals surface area contributed by atoms with Crippen molar-refractivity contribution in [2.75, 3.05) is 13.1 Å². The Labute approximate surface area is 101 Å². The zero-order valence-electron chi connectivity index (χ0n) is 9.11. The zero-order valence-corrected chi connectivity index (χ0v) is 9.11. The van der Waals surface area contributed by atoms with Crippen molar-refractivity contribution < 1.29 is 18.0 Å². The van der Waals surface area contributed by atoms with E-state index in [9.17, 15) is 18.0 Å². The minimum Gasteiger partial charge on any atom is -0.336 e. The Balaban J connectivity index is 2.00. The van der Waals surface area contributed by atoms with Gasteiger partial charge in [0.15, 0.2) is 0 Å². The Hall–Kier alpha value is -2.10. The van der Waals surface area contributed by atoms with E-state index in [1.54, 1.807) is 0 Å². The standard InChI is InChI=1S/C11H8F3N3O/c12-11(13,14)8-5-17(6-8)10(18)9-2-1-7(3-15)4-16-9/h1-2,4,8H,5-6H2. The molecule has 1 aromatic rings. The van der Waals surface area contributed by atoms with Gasteiger partial charge >= 0.3 is 6.18 Å². The average Bonchev–Trinajstić information content (AvgIpc) is 2.25. The molecule has 0 saturated carbocycles. The van der Waals surface area contributed by atoms with Crippen molar-refractivity contribution in [3.8, 4) is 6.07 Å². The van der Waals surface area contributed by atoms with Crippen LogP contribution in [0.1, 0.15) is 16.1 Å². The molecule has 0 atom stereocenters. The number of nitriles is 1. The van der Waals surface area contributed by atoms with E-state index in [2.05, 4.69) is 4.98 Å². The number of pyridine rings is 1. The Morgan fingerprint density at radius 2 is 2.11 bits per heavy atom. The number of alkyl halides is 3. The maximum Gasteiger partial charge on any atom is 0.395 e. The number of likely N-dealkylation sites (tertiary alicyclic amines) is 1. The number of hydrogen-bond acceptors (Lipinski definition) is 3. The predicted molar refractivity (Wildman–Crippen MR) is 54.4 cm³/mol. The Morgan fingerprint density at radius 3 is 2.56 bits per heavy atom. The van der Waals surface area contributed by atoms with Crippen molar-refractivity contribution in [3.63, 3.8) is 0 Å². The van der Waals surface area contributed by atoms with Crippen LogP contribution >= 0.6 is 0 Å². The van der Waals surface area contributed by atoms with Gasteiger partial charge in [-0.3, -0.25) is 4.79 Å². The van der Waals surface area contributed by atoms with Gasteiger partial charge in [-0.15, -0.1) is 0 Å². The molecule has 0 aromatic carbocycles. The second-order valence-corrected chi connectivity index (χ2v) is 3.99. The molecule has 1 saturated heterocycles. The lowest BCUT2D eigenvalue weighted by Gasteiger charge is -2.39. The Morgan fingerprint density at radius 1 is 1.44 bits per heavy atom. The van der Waals surface area contributed by atoms with Crippen LogP contribution in [0.4, 0.5) is 13.2 Å². The molecule has 7 heteroatoms. The average molecular weight is 255 g/mol. The molecular weight excluding hydrogens is 247 g/mol. The summed E-state index contributed by atoms with van der Waals surface area (Å²) in [6.45, 7) is -0.659. The van der Waals surface area contributed by atoms with Crippen molar-refractivity contribution in [1.82, 2.24) is 9.88 Å². The molecule has 0 N–H and O–H groups in total. The fourth-order valence-electron chi connectivity index (χ4n) is 1.60. The molecular formula is C11H8F3N3O. The minimum atomic E-state index is -4.26. The fourth-order valence-corrected chi connectivity index (χ4v) is 1.60. The third-order valence-corrected chi connectivity index (χ3v) is 2.74. The smallest absolute Gasteiger partial charge is 0.336 e. The van der Waals surface area contributed by atoms with Gasteiger partial charge in [0.1, 0.15) is 11.8 Å². The molecule has 1 aromatic heterocycles. The first-order chi connectivity index (χ1) is 8.41. The van der Waals surface area contributed by atoms with E-state index in [0.717, 1.165) is 4.90 Å². The second kappa shape index (κ2) is 4.29. The lowest BCUT2D eigenvalue weighted by Crippen LogP contribution is -2.55. The van der Waals surface area contributed by atoms with Crippen LogP contribution in [0.2, 0.25) is 0 Å². The second-order valence-electron chi connectivity index (χ2n) is 3.99. The van der Waals surface area contributed by atoms with Gasteiger partial charge < -0.3 is 4.90 Å². The summed E-state index contributed by atoms with van der Waals surface area (Å²) in [6, 6.07) is 4.58. The van der Waals surface area contributed by atoms with E-state index >= 15 is 0 Å². The molecule has 1 aliphatic heterocycles. The molecule has 94 valence electrons. The van der Waals surface area contributed by atoms with E-state index in [4.69, 9.17) is 5.26 Å². The zero-order chi connectivity index (χ0) is 13.3. The molecule has 2 rings (SSSR count). The lowest BCUT2D eigenvalue weighted by atomic mass is 9.99. The lowest BCUT2D eigenvalue weighted by molar-refractivity contribution is -0.202. The Kier molecular flexibility index (Phi) is 2.95. The monoisotopic (exact) mass is 255 g/mol. The van der Waals surface area contributed by atoms with E-state index < -0.39 is 18.0 Å². The molecule has 1 fully saturated rings. The molecule has 0 aliphatic carbocycles. The highest BCUT2D eigenvalue weighted by Crippen LogP contribution is 2.33. The number of rotatable bonds is 1. The molecule has 1 aliphatic rings. The number of halogens is 3. The van der Waals surface area contributed by atoms with Crippen molar-refractivity contribution >= 4 is 5.91 Å². The summed E-state index contributed by atoms with van der Waals surface area (Å²) in [5.74, 6) is -1.99. The molecule has 2 heterocycles. The maximum atomic E-state index is 12.2. The number of amides is 1. The van der Waals surface area contributed by atoms with Gasteiger partial charge in [0.25, 0.3) is 5.91 Å². The molecule has 18 heavy (non-hydrogen) atoms. The SMILES string of the molecule is N#Cc1ccc(C(=O)N2CC(C(F)(F)F)C2)nc1. The summed E-state index contributed by atoms with van der Waals surface area (Å²) in [6.07, 6.45) is -3.04. The number of carbonyl (C=O) groups excluding carboxylic acids is 1. The van der Waals surface area contributed by atoms with Gasteiger partial charge in [0.2, 0.25) is 0 Å². The maximum absolute atomic E-state index is 12.2. The van der Waals surface area contributed by atoms with Gasteiger partial charge in [-0.1, -0.05) is 0 Å². The summed E-state index contributed by atoms with van der Waals surface area (Å²) in [7, 11) is 0. The quantitative estimate of drug-likeness (QED) is 0.765. The summed E-state index contributed by atoms with van der Waals surface area (Å²) in [5.41, 5.74) is 0.345. The van der Waals surface area contributed by atoms with Gasteiger partial charge in [0, 0.05) is 19.3 Å². The van der Waals surface area contributed by atoms with Crippen LogP contribution in [-0.2, 0) is 0 Å². The number of hydrogen-bond donors (Lipinski definition) is 0. The van der Waals surface area contributed by atoms with Crippen LogP contribution in [0.15, 0.2) is 18.3 Å². The Bertz CT molecular complexity index is 498. The van der Waals surface area contributed by atoms with Crippen LogP contribution in [0.25, 0.3) is 0 Å². The van der Waals surface area contributed by atoms with Crippen molar-refractivity contribution in [2.45, 2.75) is 6.18 Å². The van der Waals surface area contributed by atoms with E-state index in [-0.39, 0.29) is 18.8 Å². The highest BCUT2D eigenvalue weighted by molar-refractivity contribution is 5.92. The largest absolute Gasteiger partial charge is 0.395 e. The van der Waals surface area contributed by atoms with Crippen molar-refractivity contribution in [1.29, 1.82) is 5.26 Å². The van der Waals surface area contributed by atoms with Crippen molar-refractivity contribution in [2.24, 2.45) is 5.92 Å². The first-order valence-electron chi connectivity index (χ1n) is 5.14. The third kappa shape index (κ3) is 2.27. The van der Waals surface area contributed by atoms with Crippen LogP contribution in [0.5, 0.6) is 0 Å². The minimum absolute atomic E-state index is 0.0506. The molecule has 0 unspecified atom stereocenters. The number of carbonyl (C=O) groups is 1. The predicted octanol–water partition coefficient (Wildman–Crippen LogP) is 1.59. The van der Waals surface area contributed by atoms with E-state index in [1.807, 2.05) is 6.07 Å². The van der Waals surface area contributed by atoms with Crippen LogP contribution in [0, 0.1) is 17.2 Å². The van der Waals surface area contributed by atoms with Crippen molar-refractivity contribution in [3.05, 3.63) is 29.6 Å².